The van der Waals surface area contributed by atoms with Crippen molar-refractivity contribution >= 4 is 5.91 Å². The number of carbonyl (C=O) groups is 1. The van der Waals surface area contributed by atoms with Gasteiger partial charge < -0.3 is 10.1 Å². The standard InChI is InChI=1S/C14H14F3NO2/c1-8(2)13(19)18-9-3-4-10-11(14(15,16)17)5-6-20-12(10)7-9/h4-5,7,9H,1,3,6H2,2H3,(H,18,19). The van der Waals surface area contributed by atoms with Crippen LogP contribution < -0.4 is 5.32 Å². The minimum absolute atomic E-state index is 0.0459. The van der Waals surface area contributed by atoms with E-state index in [9.17, 15) is 18.0 Å². The molecule has 0 bridgehead atoms. The molecule has 1 unspecified atom stereocenters. The Kier molecular flexibility index (Phi) is 3.74. The van der Waals surface area contributed by atoms with Crippen LogP contribution >= 0.6 is 0 Å². The van der Waals surface area contributed by atoms with Gasteiger partial charge in [-0.1, -0.05) is 12.7 Å². The number of rotatable bonds is 2. The minimum Gasteiger partial charge on any atom is -0.489 e. The summed E-state index contributed by atoms with van der Waals surface area (Å²) in [6.45, 7) is 4.95. The van der Waals surface area contributed by atoms with Gasteiger partial charge in [0.15, 0.2) is 0 Å². The molecule has 2 rings (SSSR count). The predicted molar refractivity (Wildman–Crippen MR) is 67.6 cm³/mol. The zero-order valence-corrected chi connectivity index (χ0v) is 10.9. The fraction of sp³-hybridized carbons (Fsp3) is 0.357. The average molecular weight is 285 g/mol. The summed E-state index contributed by atoms with van der Waals surface area (Å²) in [6, 6.07) is -0.384. The summed E-state index contributed by atoms with van der Waals surface area (Å²) in [7, 11) is 0. The predicted octanol–water partition coefficient (Wildman–Crippen LogP) is 2.78. The van der Waals surface area contributed by atoms with E-state index in [2.05, 4.69) is 11.9 Å². The molecule has 1 atom stereocenters. The first-order valence-corrected chi connectivity index (χ1v) is 6.08. The zero-order chi connectivity index (χ0) is 14.9. The second-order valence-corrected chi connectivity index (χ2v) is 4.67. The average Bonchev–Trinajstić information content (AvgIpc) is 2.36. The van der Waals surface area contributed by atoms with E-state index in [1.54, 1.807) is 6.92 Å². The first-order valence-electron chi connectivity index (χ1n) is 6.08. The maximum absolute atomic E-state index is 12.9. The van der Waals surface area contributed by atoms with E-state index in [1.165, 1.54) is 12.2 Å². The summed E-state index contributed by atoms with van der Waals surface area (Å²) in [4.78, 5) is 11.5. The molecule has 20 heavy (non-hydrogen) atoms. The number of ether oxygens (including phenoxy) is 1. The molecule has 1 aliphatic heterocycles. The van der Waals surface area contributed by atoms with E-state index in [0.717, 1.165) is 6.08 Å². The van der Waals surface area contributed by atoms with Crippen molar-refractivity contribution in [1.29, 1.82) is 0 Å². The van der Waals surface area contributed by atoms with Crippen molar-refractivity contribution < 1.29 is 22.7 Å². The fourth-order valence-corrected chi connectivity index (χ4v) is 2.04. The number of fused-ring (bicyclic) bond motifs is 1. The number of halogens is 3. The Bertz CT molecular complexity index is 541. The third-order valence-corrected chi connectivity index (χ3v) is 3.02. The zero-order valence-electron chi connectivity index (χ0n) is 10.9. The summed E-state index contributed by atoms with van der Waals surface area (Å²) >= 11 is 0. The van der Waals surface area contributed by atoms with Crippen molar-refractivity contribution in [2.75, 3.05) is 6.61 Å². The van der Waals surface area contributed by atoms with Crippen LogP contribution in [-0.4, -0.2) is 24.7 Å². The van der Waals surface area contributed by atoms with Crippen LogP contribution in [0.5, 0.6) is 0 Å². The fourth-order valence-electron chi connectivity index (χ4n) is 2.04. The van der Waals surface area contributed by atoms with Gasteiger partial charge in [0, 0.05) is 11.1 Å². The molecule has 1 aliphatic carbocycles. The van der Waals surface area contributed by atoms with E-state index < -0.39 is 11.7 Å². The van der Waals surface area contributed by atoms with Crippen LogP contribution in [0.25, 0.3) is 0 Å². The molecule has 0 aromatic carbocycles. The Morgan fingerprint density at radius 1 is 1.45 bits per heavy atom. The Hall–Kier alpha value is -1.98. The van der Waals surface area contributed by atoms with Crippen molar-refractivity contribution in [3.8, 4) is 0 Å². The highest BCUT2D eigenvalue weighted by atomic mass is 19.4. The number of alkyl halides is 3. The smallest absolute Gasteiger partial charge is 0.416 e. The van der Waals surface area contributed by atoms with Crippen molar-refractivity contribution in [2.24, 2.45) is 0 Å². The molecule has 0 aromatic rings. The highest BCUT2D eigenvalue weighted by Gasteiger charge is 2.39. The minimum atomic E-state index is -4.40. The van der Waals surface area contributed by atoms with Gasteiger partial charge in [0.05, 0.1) is 11.6 Å². The van der Waals surface area contributed by atoms with Gasteiger partial charge in [0.1, 0.15) is 12.4 Å². The highest BCUT2D eigenvalue weighted by molar-refractivity contribution is 5.92. The summed E-state index contributed by atoms with van der Waals surface area (Å²) in [5.41, 5.74) is -0.289. The number of carbonyl (C=O) groups excluding carboxylic acids is 1. The van der Waals surface area contributed by atoms with E-state index in [1.807, 2.05) is 0 Å². The van der Waals surface area contributed by atoms with Crippen LogP contribution in [0.4, 0.5) is 13.2 Å². The van der Waals surface area contributed by atoms with Gasteiger partial charge in [-0.15, -0.1) is 0 Å². The molecule has 0 aromatic heterocycles. The van der Waals surface area contributed by atoms with E-state index in [-0.39, 0.29) is 36.3 Å². The SMILES string of the molecule is C=C(C)C(=O)NC1C=C2OCC=C(C(F)(F)F)C2=CC1. The topological polar surface area (TPSA) is 38.3 Å². The van der Waals surface area contributed by atoms with E-state index in [0.29, 0.717) is 5.57 Å². The third-order valence-electron chi connectivity index (χ3n) is 3.02. The molecule has 0 saturated heterocycles. The molecular formula is C14H14F3NO2. The molecule has 0 fully saturated rings. The van der Waals surface area contributed by atoms with Crippen LogP contribution in [0.2, 0.25) is 0 Å². The Balaban J connectivity index is 2.17. The second-order valence-electron chi connectivity index (χ2n) is 4.67. The molecular weight excluding hydrogens is 271 g/mol. The monoisotopic (exact) mass is 285 g/mol. The lowest BCUT2D eigenvalue weighted by Gasteiger charge is -2.28. The summed E-state index contributed by atoms with van der Waals surface area (Å²) < 4.78 is 43.8. The molecule has 1 N–H and O–H groups in total. The maximum Gasteiger partial charge on any atom is 0.416 e. The molecule has 0 saturated carbocycles. The normalized spacial score (nSPS) is 21.8. The lowest BCUT2D eigenvalue weighted by molar-refractivity contribution is -0.117. The second kappa shape index (κ2) is 5.19. The van der Waals surface area contributed by atoms with Crippen molar-refractivity contribution in [3.63, 3.8) is 0 Å². The molecule has 1 heterocycles. The highest BCUT2D eigenvalue weighted by Crippen LogP contribution is 2.39. The Morgan fingerprint density at radius 3 is 2.75 bits per heavy atom. The van der Waals surface area contributed by atoms with Gasteiger partial charge in [0.25, 0.3) is 0 Å². The molecule has 0 radical (unpaired) electrons. The van der Waals surface area contributed by atoms with Gasteiger partial charge in [-0.25, -0.2) is 0 Å². The third kappa shape index (κ3) is 2.95. The number of hydrogen-bond acceptors (Lipinski definition) is 2. The van der Waals surface area contributed by atoms with Crippen LogP contribution in [0.3, 0.4) is 0 Å². The van der Waals surface area contributed by atoms with Gasteiger partial charge in [-0.05, 0) is 25.5 Å². The summed E-state index contributed by atoms with van der Waals surface area (Å²) in [6.07, 6.45) is -0.140. The van der Waals surface area contributed by atoms with Gasteiger partial charge >= 0.3 is 6.18 Å². The number of hydrogen-bond donors (Lipinski definition) is 1. The molecule has 108 valence electrons. The number of allylic oxidation sites excluding steroid dienone is 1. The Morgan fingerprint density at radius 2 is 2.15 bits per heavy atom. The van der Waals surface area contributed by atoms with Gasteiger partial charge in [-0.2, -0.15) is 13.2 Å². The molecule has 2 aliphatic rings. The molecule has 3 nitrogen and oxygen atoms in total. The number of amides is 1. The van der Waals surface area contributed by atoms with Crippen molar-refractivity contribution in [3.05, 3.63) is 47.3 Å². The van der Waals surface area contributed by atoms with Gasteiger partial charge in [-0.3, -0.25) is 4.79 Å². The quantitative estimate of drug-likeness (QED) is 0.792. The largest absolute Gasteiger partial charge is 0.489 e. The van der Waals surface area contributed by atoms with Crippen molar-refractivity contribution in [2.45, 2.75) is 25.6 Å². The van der Waals surface area contributed by atoms with Crippen LogP contribution in [-0.2, 0) is 9.53 Å². The van der Waals surface area contributed by atoms with E-state index in [4.69, 9.17) is 4.74 Å². The Labute approximate surface area is 114 Å². The molecule has 6 heteroatoms. The van der Waals surface area contributed by atoms with Crippen LogP contribution in [0.15, 0.2) is 47.3 Å². The van der Waals surface area contributed by atoms with Crippen LogP contribution in [0.1, 0.15) is 13.3 Å². The first kappa shape index (κ1) is 14.4. The summed E-state index contributed by atoms with van der Waals surface area (Å²) in [5, 5.41) is 2.66. The lowest BCUT2D eigenvalue weighted by atomic mass is 9.93. The van der Waals surface area contributed by atoms with Crippen molar-refractivity contribution in [1.82, 2.24) is 5.32 Å². The molecule has 1 amide bonds. The van der Waals surface area contributed by atoms with Crippen LogP contribution in [0, 0.1) is 0 Å². The number of nitrogens with one attached hydrogen (secondary N) is 1. The maximum atomic E-state index is 12.9. The first-order chi connectivity index (χ1) is 9.29. The van der Waals surface area contributed by atoms with Gasteiger partial charge in [0.2, 0.25) is 5.91 Å². The summed E-state index contributed by atoms with van der Waals surface area (Å²) in [5.74, 6) is -0.163. The lowest BCUT2D eigenvalue weighted by Crippen LogP contribution is -2.36. The van der Waals surface area contributed by atoms with E-state index >= 15 is 0 Å². The molecule has 0 spiro atoms.